The minimum Gasteiger partial charge on any atom is -0.325 e. The molecule has 2 rings (SSSR count). The minimum atomic E-state index is -4.81. The van der Waals surface area contributed by atoms with Gasteiger partial charge in [0.1, 0.15) is 5.82 Å². The Morgan fingerprint density at radius 3 is 2.38 bits per heavy atom. The molecule has 21 heavy (non-hydrogen) atoms. The van der Waals surface area contributed by atoms with Crippen molar-refractivity contribution < 1.29 is 22.4 Å². The van der Waals surface area contributed by atoms with Gasteiger partial charge in [-0.1, -0.05) is 19.3 Å². The molecule has 0 bridgehead atoms. The van der Waals surface area contributed by atoms with Gasteiger partial charge in [0.05, 0.1) is 5.56 Å². The zero-order valence-corrected chi connectivity index (χ0v) is 11.5. The number of Topliss-reactive ketones (excluding diaryl/α,β-unsaturated/α-hetero) is 1. The van der Waals surface area contributed by atoms with Crippen molar-refractivity contribution >= 4 is 5.78 Å². The smallest absolute Gasteiger partial charge is 0.325 e. The number of carbonyl (C=O) groups excluding carboxylic acids is 1. The molecule has 0 saturated heterocycles. The second-order valence-electron chi connectivity index (χ2n) is 5.72. The van der Waals surface area contributed by atoms with E-state index in [0.717, 1.165) is 25.3 Å². The maximum absolute atomic E-state index is 13.2. The van der Waals surface area contributed by atoms with Gasteiger partial charge in [-0.2, -0.15) is 13.2 Å². The van der Waals surface area contributed by atoms with E-state index in [9.17, 15) is 22.4 Å². The second-order valence-corrected chi connectivity index (χ2v) is 5.72. The van der Waals surface area contributed by atoms with E-state index >= 15 is 0 Å². The van der Waals surface area contributed by atoms with E-state index in [0.29, 0.717) is 25.0 Å². The molecule has 0 radical (unpaired) electrons. The summed E-state index contributed by atoms with van der Waals surface area (Å²) in [5.74, 6) is -1.84. The van der Waals surface area contributed by atoms with Crippen LogP contribution < -0.4 is 5.73 Å². The van der Waals surface area contributed by atoms with Crippen LogP contribution in [0.1, 0.15) is 54.4 Å². The molecule has 1 saturated carbocycles. The molecular weight excluding hydrogens is 286 g/mol. The summed E-state index contributed by atoms with van der Waals surface area (Å²) < 4.78 is 51.2. The molecule has 0 atom stereocenters. The number of benzene rings is 1. The van der Waals surface area contributed by atoms with Crippen LogP contribution in [0.5, 0.6) is 0 Å². The van der Waals surface area contributed by atoms with E-state index < -0.39 is 28.9 Å². The van der Waals surface area contributed by atoms with Crippen molar-refractivity contribution in [3.63, 3.8) is 0 Å². The summed E-state index contributed by atoms with van der Waals surface area (Å²) >= 11 is 0. The SMILES string of the molecule is NC1(CC(=O)c2ccc(F)c(C(F)(F)F)c2)CCCCC1. The molecule has 1 aromatic rings. The minimum absolute atomic E-state index is 0.00404. The average Bonchev–Trinajstić information content (AvgIpc) is 2.38. The van der Waals surface area contributed by atoms with Crippen LogP contribution in [0.4, 0.5) is 17.6 Å². The standard InChI is InChI=1S/C15H17F4NO/c16-12-5-4-10(8-11(12)15(17,18)19)13(21)9-14(20)6-2-1-3-7-14/h4-5,8H,1-3,6-7,9,20H2. The topological polar surface area (TPSA) is 43.1 Å². The molecule has 2 nitrogen and oxygen atoms in total. The highest BCUT2D eigenvalue weighted by molar-refractivity contribution is 5.97. The molecule has 0 heterocycles. The zero-order valence-electron chi connectivity index (χ0n) is 11.5. The van der Waals surface area contributed by atoms with Gasteiger partial charge in [-0.3, -0.25) is 4.79 Å². The van der Waals surface area contributed by atoms with E-state index in [1.807, 2.05) is 0 Å². The quantitative estimate of drug-likeness (QED) is 0.675. The Morgan fingerprint density at radius 1 is 1.19 bits per heavy atom. The molecule has 0 aliphatic heterocycles. The fourth-order valence-corrected chi connectivity index (χ4v) is 2.77. The first kappa shape index (κ1) is 15.9. The molecule has 6 heteroatoms. The van der Waals surface area contributed by atoms with Crippen LogP contribution in [0.2, 0.25) is 0 Å². The van der Waals surface area contributed by atoms with Crippen molar-refractivity contribution in [1.29, 1.82) is 0 Å². The lowest BCUT2D eigenvalue weighted by Gasteiger charge is -2.32. The van der Waals surface area contributed by atoms with Crippen LogP contribution in [-0.4, -0.2) is 11.3 Å². The van der Waals surface area contributed by atoms with E-state index in [1.54, 1.807) is 0 Å². The van der Waals surface area contributed by atoms with Crippen LogP contribution in [0.15, 0.2) is 18.2 Å². The van der Waals surface area contributed by atoms with Crippen LogP contribution >= 0.6 is 0 Å². The lowest BCUT2D eigenvalue weighted by Crippen LogP contribution is -2.43. The third-order valence-electron chi connectivity index (χ3n) is 3.96. The summed E-state index contributed by atoms with van der Waals surface area (Å²) in [6, 6.07) is 2.34. The first-order chi connectivity index (χ1) is 9.71. The highest BCUT2D eigenvalue weighted by Gasteiger charge is 2.35. The van der Waals surface area contributed by atoms with Crippen molar-refractivity contribution in [3.8, 4) is 0 Å². The summed E-state index contributed by atoms with van der Waals surface area (Å²) in [6.45, 7) is 0. The van der Waals surface area contributed by atoms with Crippen molar-refractivity contribution in [1.82, 2.24) is 0 Å². The highest BCUT2D eigenvalue weighted by Crippen LogP contribution is 2.33. The lowest BCUT2D eigenvalue weighted by molar-refractivity contribution is -0.140. The second kappa shape index (κ2) is 5.75. The van der Waals surface area contributed by atoms with Gasteiger partial charge in [0, 0.05) is 17.5 Å². The predicted octanol–water partition coefficient (Wildman–Crippen LogP) is 4.08. The summed E-state index contributed by atoms with van der Waals surface area (Å²) in [5, 5.41) is 0. The van der Waals surface area contributed by atoms with Gasteiger partial charge in [-0.15, -0.1) is 0 Å². The van der Waals surface area contributed by atoms with Crippen molar-refractivity contribution in [2.75, 3.05) is 0 Å². The number of hydrogen-bond acceptors (Lipinski definition) is 2. The zero-order chi connectivity index (χ0) is 15.7. The van der Waals surface area contributed by atoms with Crippen molar-refractivity contribution in [3.05, 3.63) is 35.1 Å². The molecule has 1 aliphatic carbocycles. The third kappa shape index (κ3) is 3.81. The van der Waals surface area contributed by atoms with E-state index in [-0.39, 0.29) is 12.0 Å². The third-order valence-corrected chi connectivity index (χ3v) is 3.96. The summed E-state index contributed by atoms with van der Waals surface area (Å²) in [7, 11) is 0. The number of alkyl halides is 3. The van der Waals surface area contributed by atoms with Gasteiger partial charge < -0.3 is 5.73 Å². The number of nitrogens with two attached hydrogens (primary N) is 1. The molecule has 1 aromatic carbocycles. The molecule has 0 aromatic heterocycles. The monoisotopic (exact) mass is 303 g/mol. The summed E-state index contributed by atoms with van der Waals surface area (Å²) in [5.41, 5.74) is 3.93. The fraction of sp³-hybridized carbons (Fsp3) is 0.533. The number of rotatable bonds is 3. The molecule has 0 amide bonds. The molecule has 116 valence electrons. The Morgan fingerprint density at radius 2 is 1.81 bits per heavy atom. The number of ketones is 1. The molecule has 1 aliphatic rings. The van der Waals surface area contributed by atoms with Crippen LogP contribution in [-0.2, 0) is 6.18 Å². The predicted molar refractivity (Wildman–Crippen MR) is 70.4 cm³/mol. The van der Waals surface area contributed by atoms with E-state index in [1.165, 1.54) is 0 Å². The number of carbonyl (C=O) groups is 1. The van der Waals surface area contributed by atoms with Gasteiger partial charge >= 0.3 is 6.18 Å². The Bertz CT molecular complexity index is 533. The summed E-state index contributed by atoms with van der Waals surface area (Å²) in [6.07, 6.45) is -0.552. The first-order valence-corrected chi connectivity index (χ1v) is 6.90. The maximum Gasteiger partial charge on any atom is 0.419 e. The normalized spacial score (nSPS) is 18.5. The molecule has 0 spiro atoms. The van der Waals surface area contributed by atoms with Gasteiger partial charge in [-0.25, -0.2) is 4.39 Å². The van der Waals surface area contributed by atoms with Crippen molar-refractivity contribution in [2.24, 2.45) is 5.73 Å². The Labute approximate surface area is 120 Å². The van der Waals surface area contributed by atoms with E-state index in [4.69, 9.17) is 5.73 Å². The summed E-state index contributed by atoms with van der Waals surface area (Å²) in [4.78, 5) is 12.1. The van der Waals surface area contributed by atoms with Gasteiger partial charge in [-0.05, 0) is 31.0 Å². The fourth-order valence-electron chi connectivity index (χ4n) is 2.77. The Hall–Kier alpha value is -1.43. The molecule has 2 N–H and O–H groups in total. The Kier molecular flexibility index (Phi) is 4.37. The van der Waals surface area contributed by atoms with Gasteiger partial charge in [0.15, 0.2) is 5.78 Å². The first-order valence-electron chi connectivity index (χ1n) is 6.90. The van der Waals surface area contributed by atoms with Crippen LogP contribution in [0.25, 0.3) is 0 Å². The lowest BCUT2D eigenvalue weighted by atomic mass is 9.78. The van der Waals surface area contributed by atoms with Crippen LogP contribution in [0.3, 0.4) is 0 Å². The molecule has 1 fully saturated rings. The van der Waals surface area contributed by atoms with Gasteiger partial charge in [0.25, 0.3) is 0 Å². The molecule has 0 unspecified atom stereocenters. The van der Waals surface area contributed by atoms with Crippen LogP contribution in [0, 0.1) is 5.82 Å². The maximum atomic E-state index is 13.2. The number of halogens is 4. The average molecular weight is 303 g/mol. The Balaban J connectivity index is 2.20. The molecular formula is C15H17F4NO. The van der Waals surface area contributed by atoms with Gasteiger partial charge in [0.2, 0.25) is 0 Å². The highest BCUT2D eigenvalue weighted by atomic mass is 19.4. The number of hydrogen-bond donors (Lipinski definition) is 1. The van der Waals surface area contributed by atoms with E-state index in [2.05, 4.69) is 0 Å². The largest absolute Gasteiger partial charge is 0.419 e. The van der Waals surface area contributed by atoms with Crippen molar-refractivity contribution in [2.45, 2.75) is 50.2 Å².